The number of hydrogen-bond acceptors (Lipinski definition) is 3. The van der Waals surface area contributed by atoms with Crippen LogP contribution in [0.15, 0.2) is 0 Å². The van der Waals surface area contributed by atoms with Gasteiger partial charge in [-0.05, 0) is 79.1 Å². The number of piperidine rings is 1. The molecule has 0 bridgehead atoms. The molecule has 0 spiro atoms. The smallest absolute Gasteiger partial charge is 0.309 e. The van der Waals surface area contributed by atoms with E-state index in [0.717, 1.165) is 25.9 Å². The fourth-order valence-corrected chi connectivity index (χ4v) is 3.58. The van der Waals surface area contributed by atoms with Crippen molar-refractivity contribution in [1.29, 1.82) is 0 Å². The van der Waals surface area contributed by atoms with Crippen molar-refractivity contribution in [2.75, 3.05) is 26.2 Å². The fraction of sp³-hybridized carbons (Fsp3) is 0.938. The van der Waals surface area contributed by atoms with Crippen molar-refractivity contribution in [2.24, 2.45) is 5.41 Å². The van der Waals surface area contributed by atoms with Crippen molar-refractivity contribution in [3.05, 3.63) is 0 Å². The van der Waals surface area contributed by atoms with E-state index in [0.29, 0.717) is 12.1 Å². The number of rotatable bonds is 3. The van der Waals surface area contributed by atoms with Crippen LogP contribution in [0.5, 0.6) is 0 Å². The van der Waals surface area contributed by atoms with E-state index in [2.05, 4.69) is 23.6 Å². The van der Waals surface area contributed by atoms with E-state index in [4.69, 9.17) is 0 Å². The third-order valence-electron chi connectivity index (χ3n) is 5.40. The molecule has 1 atom stereocenters. The van der Waals surface area contributed by atoms with E-state index in [1.54, 1.807) is 0 Å². The Morgan fingerprint density at radius 1 is 1.15 bits per heavy atom. The van der Waals surface area contributed by atoms with Gasteiger partial charge in [0.05, 0.1) is 5.41 Å². The first kappa shape index (κ1) is 15.8. The van der Waals surface area contributed by atoms with Crippen molar-refractivity contribution in [3.63, 3.8) is 0 Å². The van der Waals surface area contributed by atoms with E-state index in [1.807, 2.05) is 6.92 Å². The lowest BCUT2D eigenvalue weighted by Gasteiger charge is -2.40. The first-order chi connectivity index (χ1) is 9.42. The zero-order valence-electron chi connectivity index (χ0n) is 13.3. The SMILES string of the molecule is CC(C)N1CCCC(N2CCC(C)(C(=O)O)CC2)CC1. The van der Waals surface area contributed by atoms with Crippen LogP contribution in [0.1, 0.15) is 52.9 Å². The molecule has 0 aromatic rings. The lowest BCUT2D eigenvalue weighted by molar-refractivity contribution is -0.151. The topological polar surface area (TPSA) is 43.8 Å². The second-order valence-electron chi connectivity index (χ2n) is 7.12. The molecular formula is C16H30N2O2. The Morgan fingerprint density at radius 3 is 2.35 bits per heavy atom. The highest BCUT2D eigenvalue weighted by molar-refractivity contribution is 5.74. The van der Waals surface area contributed by atoms with Crippen LogP contribution in [-0.4, -0.2) is 59.1 Å². The lowest BCUT2D eigenvalue weighted by Crippen LogP contribution is -2.47. The minimum atomic E-state index is -0.621. The Balaban J connectivity index is 1.86. The predicted octanol–water partition coefficient (Wildman–Crippen LogP) is 2.44. The average molecular weight is 282 g/mol. The minimum absolute atomic E-state index is 0.495. The monoisotopic (exact) mass is 282 g/mol. The number of carboxylic acid groups (broad SMARTS) is 1. The van der Waals surface area contributed by atoms with Crippen LogP contribution in [0.4, 0.5) is 0 Å². The Hall–Kier alpha value is -0.610. The number of carboxylic acids is 1. The van der Waals surface area contributed by atoms with Crippen LogP contribution in [0.2, 0.25) is 0 Å². The van der Waals surface area contributed by atoms with Gasteiger partial charge in [0.15, 0.2) is 0 Å². The molecule has 116 valence electrons. The van der Waals surface area contributed by atoms with Crippen LogP contribution >= 0.6 is 0 Å². The van der Waals surface area contributed by atoms with Gasteiger partial charge in [0.2, 0.25) is 0 Å². The highest BCUT2D eigenvalue weighted by Gasteiger charge is 2.38. The van der Waals surface area contributed by atoms with Gasteiger partial charge in [-0.1, -0.05) is 0 Å². The van der Waals surface area contributed by atoms with Crippen LogP contribution < -0.4 is 0 Å². The summed E-state index contributed by atoms with van der Waals surface area (Å²) in [6.45, 7) is 10.8. The first-order valence-electron chi connectivity index (χ1n) is 8.14. The summed E-state index contributed by atoms with van der Waals surface area (Å²) in [4.78, 5) is 16.4. The summed E-state index contributed by atoms with van der Waals surface area (Å²) in [7, 11) is 0. The Labute approximate surface area is 123 Å². The number of aliphatic carboxylic acids is 1. The molecule has 0 aliphatic carbocycles. The molecule has 1 N–H and O–H groups in total. The molecule has 2 aliphatic heterocycles. The maximum Gasteiger partial charge on any atom is 0.309 e. The van der Waals surface area contributed by atoms with Gasteiger partial charge in [-0.3, -0.25) is 4.79 Å². The highest BCUT2D eigenvalue weighted by atomic mass is 16.4. The summed E-state index contributed by atoms with van der Waals surface area (Å²) in [6, 6.07) is 1.31. The Kier molecular flexibility index (Phi) is 5.08. The van der Waals surface area contributed by atoms with Gasteiger partial charge >= 0.3 is 5.97 Å². The molecule has 0 aromatic heterocycles. The normalized spacial score (nSPS) is 29.3. The van der Waals surface area contributed by atoms with E-state index in [9.17, 15) is 9.90 Å². The maximum atomic E-state index is 11.3. The largest absolute Gasteiger partial charge is 0.481 e. The maximum absolute atomic E-state index is 11.3. The molecule has 0 amide bonds. The number of hydrogen-bond donors (Lipinski definition) is 1. The quantitative estimate of drug-likeness (QED) is 0.863. The van der Waals surface area contributed by atoms with Crippen LogP contribution in [0, 0.1) is 5.41 Å². The van der Waals surface area contributed by atoms with Crippen LogP contribution in [-0.2, 0) is 4.79 Å². The zero-order valence-corrected chi connectivity index (χ0v) is 13.3. The lowest BCUT2D eigenvalue weighted by atomic mass is 9.80. The molecule has 20 heavy (non-hydrogen) atoms. The van der Waals surface area contributed by atoms with Gasteiger partial charge in [0.25, 0.3) is 0 Å². The number of likely N-dealkylation sites (tertiary alicyclic amines) is 2. The summed E-state index contributed by atoms with van der Waals surface area (Å²) in [5.41, 5.74) is -0.495. The molecule has 2 aliphatic rings. The van der Waals surface area contributed by atoms with Crippen LogP contribution in [0.25, 0.3) is 0 Å². The zero-order chi connectivity index (χ0) is 14.8. The van der Waals surface area contributed by atoms with Gasteiger partial charge < -0.3 is 14.9 Å². The fourth-order valence-electron chi connectivity index (χ4n) is 3.58. The summed E-state index contributed by atoms with van der Waals surface area (Å²) >= 11 is 0. The van der Waals surface area contributed by atoms with E-state index < -0.39 is 11.4 Å². The average Bonchev–Trinajstić information content (AvgIpc) is 2.65. The molecule has 0 aromatic carbocycles. The number of carbonyl (C=O) groups is 1. The molecule has 0 radical (unpaired) electrons. The molecule has 0 saturated carbocycles. The number of nitrogens with zero attached hydrogens (tertiary/aromatic N) is 2. The van der Waals surface area contributed by atoms with Gasteiger partial charge in [0.1, 0.15) is 0 Å². The Bertz CT molecular complexity index is 335. The molecule has 4 heteroatoms. The van der Waals surface area contributed by atoms with Gasteiger partial charge in [-0.25, -0.2) is 0 Å². The molecule has 1 unspecified atom stereocenters. The summed E-state index contributed by atoms with van der Waals surface area (Å²) in [5, 5.41) is 9.31. The predicted molar refractivity (Wildman–Crippen MR) is 80.9 cm³/mol. The second-order valence-corrected chi connectivity index (χ2v) is 7.12. The summed E-state index contributed by atoms with van der Waals surface area (Å²) in [6.07, 6.45) is 5.38. The van der Waals surface area contributed by atoms with E-state index in [1.165, 1.54) is 32.4 Å². The second kappa shape index (κ2) is 6.44. The van der Waals surface area contributed by atoms with Crippen molar-refractivity contribution in [2.45, 2.75) is 65.0 Å². The van der Waals surface area contributed by atoms with Crippen molar-refractivity contribution in [3.8, 4) is 0 Å². The van der Waals surface area contributed by atoms with Crippen molar-refractivity contribution < 1.29 is 9.90 Å². The third-order valence-corrected chi connectivity index (χ3v) is 5.40. The van der Waals surface area contributed by atoms with Crippen molar-refractivity contribution >= 4 is 5.97 Å². The molecule has 2 heterocycles. The van der Waals surface area contributed by atoms with Gasteiger partial charge in [-0.15, -0.1) is 0 Å². The van der Waals surface area contributed by atoms with Gasteiger partial charge in [0, 0.05) is 12.1 Å². The Morgan fingerprint density at radius 2 is 1.80 bits per heavy atom. The molecule has 4 nitrogen and oxygen atoms in total. The van der Waals surface area contributed by atoms with E-state index in [-0.39, 0.29) is 0 Å². The highest BCUT2D eigenvalue weighted by Crippen LogP contribution is 2.33. The van der Waals surface area contributed by atoms with E-state index >= 15 is 0 Å². The minimum Gasteiger partial charge on any atom is -0.481 e. The molecular weight excluding hydrogens is 252 g/mol. The van der Waals surface area contributed by atoms with Crippen molar-refractivity contribution in [1.82, 2.24) is 9.80 Å². The molecule has 2 fully saturated rings. The summed E-state index contributed by atoms with van der Waals surface area (Å²) in [5.74, 6) is -0.621. The van der Waals surface area contributed by atoms with Gasteiger partial charge in [-0.2, -0.15) is 0 Å². The standard InChI is InChI=1S/C16H30N2O2/c1-13(2)17-9-4-5-14(6-10-17)18-11-7-16(3,8-12-18)15(19)20/h13-14H,4-12H2,1-3H3,(H,19,20). The molecule has 2 rings (SSSR count). The first-order valence-corrected chi connectivity index (χ1v) is 8.14. The third kappa shape index (κ3) is 3.53. The molecule has 2 saturated heterocycles. The summed E-state index contributed by atoms with van der Waals surface area (Å²) < 4.78 is 0. The van der Waals surface area contributed by atoms with Crippen LogP contribution in [0.3, 0.4) is 0 Å².